The summed E-state index contributed by atoms with van der Waals surface area (Å²) in [6.45, 7) is 5.06. The fraction of sp³-hybridized carbons (Fsp3) is 0.412. The number of nitrogens with zero attached hydrogens (tertiary/aromatic N) is 2. The zero-order chi connectivity index (χ0) is 18.6. The molecule has 1 aliphatic heterocycles. The van der Waals surface area contributed by atoms with Gasteiger partial charge in [0.25, 0.3) is 5.91 Å². The van der Waals surface area contributed by atoms with E-state index < -0.39 is 11.7 Å². The summed E-state index contributed by atoms with van der Waals surface area (Å²) in [6.07, 6.45) is -4.41. The zero-order valence-electron chi connectivity index (χ0n) is 14.0. The minimum atomic E-state index is -4.41. The van der Waals surface area contributed by atoms with E-state index in [9.17, 15) is 18.0 Å². The Morgan fingerprint density at radius 3 is 2.81 bits per heavy atom. The van der Waals surface area contributed by atoms with Crippen LogP contribution in [0.3, 0.4) is 0 Å². The molecule has 1 aliphatic rings. The van der Waals surface area contributed by atoms with Gasteiger partial charge in [0.1, 0.15) is 10.7 Å². The van der Waals surface area contributed by atoms with E-state index in [-0.39, 0.29) is 11.6 Å². The van der Waals surface area contributed by atoms with Gasteiger partial charge in [-0.3, -0.25) is 9.69 Å². The number of thiazole rings is 1. The predicted molar refractivity (Wildman–Crippen MR) is 94.2 cm³/mol. The average molecular weight is 384 g/mol. The van der Waals surface area contributed by atoms with Crippen molar-refractivity contribution < 1.29 is 18.0 Å². The van der Waals surface area contributed by atoms with E-state index in [1.54, 1.807) is 11.4 Å². The van der Waals surface area contributed by atoms with E-state index in [1.807, 2.05) is 0 Å². The molecule has 26 heavy (non-hydrogen) atoms. The van der Waals surface area contributed by atoms with E-state index in [1.165, 1.54) is 6.07 Å². The third kappa shape index (κ3) is 4.80. The molecule has 3 rings (SSSR count). The lowest BCUT2D eigenvalue weighted by Crippen LogP contribution is -2.46. The molecule has 140 valence electrons. The predicted octanol–water partition coefficient (Wildman–Crippen LogP) is 2.46. The molecular formula is C17H19F3N4OS. The minimum absolute atomic E-state index is 0.225. The number of hydrogen-bond acceptors (Lipinski definition) is 5. The van der Waals surface area contributed by atoms with Crippen LogP contribution in [0.25, 0.3) is 10.6 Å². The minimum Gasteiger partial charge on any atom is -0.349 e. The van der Waals surface area contributed by atoms with E-state index in [0.29, 0.717) is 17.1 Å². The smallest absolute Gasteiger partial charge is 0.349 e. The first kappa shape index (κ1) is 18.8. The monoisotopic (exact) mass is 384 g/mol. The molecule has 5 nitrogen and oxygen atoms in total. The lowest BCUT2D eigenvalue weighted by Gasteiger charge is -2.26. The highest BCUT2D eigenvalue weighted by atomic mass is 32.1. The molecule has 0 spiro atoms. The lowest BCUT2D eigenvalue weighted by molar-refractivity contribution is -0.137. The van der Waals surface area contributed by atoms with Crippen LogP contribution in [0.4, 0.5) is 13.2 Å². The van der Waals surface area contributed by atoms with Crippen LogP contribution in [-0.2, 0) is 6.18 Å². The van der Waals surface area contributed by atoms with Crippen molar-refractivity contribution in [1.82, 2.24) is 20.5 Å². The SMILES string of the molecule is O=C(NCCN1CCNCC1)c1csc(-c2cccc(C(F)(F)F)c2)n1. The highest BCUT2D eigenvalue weighted by molar-refractivity contribution is 7.13. The molecule has 0 unspecified atom stereocenters. The Labute approximate surface area is 153 Å². The number of piperazine rings is 1. The molecule has 1 aromatic heterocycles. The van der Waals surface area contributed by atoms with Crippen molar-refractivity contribution in [3.05, 3.63) is 40.9 Å². The Morgan fingerprint density at radius 1 is 1.31 bits per heavy atom. The molecule has 1 fully saturated rings. The second kappa shape index (κ2) is 8.15. The largest absolute Gasteiger partial charge is 0.416 e. The number of hydrogen-bond donors (Lipinski definition) is 2. The van der Waals surface area contributed by atoms with Crippen molar-refractivity contribution in [1.29, 1.82) is 0 Å². The fourth-order valence-electron chi connectivity index (χ4n) is 2.69. The van der Waals surface area contributed by atoms with Crippen LogP contribution < -0.4 is 10.6 Å². The molecule has 2 aromatic rings. The molecule has 1 amide bonds. The van der Waals surface area contributed by atoms with E-state index in [0.717, 1.165) is 56.2 Å². The number of amides is 1. The van der Waals surface area contributed by atoms with Crippen molar-refractivity contribution in [2.24, 2.45) is 0 Å². The average Bonchev–Trinajstić information content (AvgIpc) is 3.12. The van der Waals surface area contributed by atoms with Crippen LogP contribution in [0.1, 0.15) is 16.1 Å². The van der Waals surface area contributed by atoms with Crippen molar-refractivity contribution in [2.45, 2.75) is 6.18 Å². The molecule has 2 N–H and O–H groups in total. The third-order valence-electron chi connectivity index (χ3n) is 4.10. The highest BCUT2D eigenvalue weighted by Gasteiger charge is 2.30. The number of halogens is 3. The fourth-order valence-corrected chi connectivity index (χ4v) is 3.49. The van der Waals surface area contributed by atoms with Crippen molar-refractivity contribution in [2.75, 3.05) is 39.3 Å². The van der Waals surface area contributed by atoms with Crippen molar-refractivity contribution in [3.8, 4) is 10.6 Å². The topological polar surface area (TPSA) is 57.3 Å². The number of nitrogens with one attached hydrogen (secondary N) is 2. The van der Waals surface area contributed by atoms with Crippen LogP contribution in [0.5, 0.6) is 0 Å². The number of benzene rings is 1. The van der Waals surface area contributed by atoms with Gasteiger partial charge in [-0.05, 0) is 12.1 Å². The second-order valence-electron chi connectivity index (χ2n) is 5.96. The van der Waals surface area contributed by atoms with Gasteiger partial charge in [0, 0.05) is 50.2 Å². The summed E-state index contributed by atoms with van der Waals surface area (Å²) < 4.78 is 38.5. The number of alkyl halides is 3. The van der Waals surface area contributed by atoms with Crippen LogP contribution in [0, 0.1) is 0 Å². The van der Waals surface area contributed by atoms with Crippen molar-refractivity contribution >= 4 is 17.2 Å². The van der Waals surface area contributed by atoms with Gasteiger partial charge >= 0.3 is 6.18 Å². The molecule has 1 saturated heterocycles. The Balaban J connectivity index is 1.59. The van der Waals surface area contributed by atoms with Crippen molar-refractivity contribution in [3.63, 3.8) is 0 Å². The van der Waals surface area contributed by atoms with Crippen LogP contribution >= 0.6 is 11.3 Å². The lowest BCUT2D eigenvalue weighted by atomic mass is 10.1. The molecule has 2 heterocycles. The molecule has 9 heteroatoms. The standard InChI is InChI=1S/C17H19F3N4OS/c18-17(19,20)13-3-1-2-12(10-13)16-23-14(11-26-16)15(25)22-6-9-24-7-4-21-5-8-24/h1-3,10-11,21H,4-9H2,(H,22,25). The molecule has 0 aliphatic carbocycles. The molecular weight excluding hydrogens is 365 g/mol. The first-order valence-corrected chi connectivity index (χ1v) is 9.16. The first-order chi connectivity index (χ1) is 12.4. The Kier molecular flexibility index (Phi) is 5.90. The summed E-state index contributed by atoms with van der Waals surface area (Å²) in [5.74, 6) is -0.311. The van der Waals surface area contributed by atoms with Gasteiger partial charge in [0.2, 0.25) is 0 Å². The van der Waals surface area contributed by atoms with Gasteiger partial charge in [-0.1, -0.05) is 12.1 Å². The van der Waals surface area contributed by atoms with Gasteiger partial charge in [0.05, 0.1) is 5.56 Å². The molecule has 0 radical (unpaired) electrons. The Hall–Kier alpha value is -1.97. The zero-order valence-corrected chi connectivity index (χ0v) is 14.8. The summed E-state index contributed by atoms with van der Waals surface area (Å²) >= 11 is 1.15. The maximum Gasteiger partial charge on any atom is 0.416 e. The van der Waals surface area contributed by atoms with Gasteiger partial charge in [-0.2, -0.15) is 13.2 Å². The quantitative estimate of drug-likeness (QED) is 0.832. The van der Waals surface area contributed by atoms with Crippen LogP contribution in [0.2, 0.25) is 0 Å². The molecule has 1 aromatic carbocycles. The molecule has 0 saturated carbocycles. The summed E-state index contributed by atoms with van der Waals surface area (Å²) in [6, 6.07) is 4.96. The number of carbonyl (C=O) groups is 1. The van der Waals surface area contributed by atoms with Crippen LogP contribution in [0.15, 0.2) is 29.6 Å². The summed E-state index contributed by atoms with van der Waals surface area (Å²) in [7, 11) is 0. The maximum atomic E-state index is 12.8. The summed E-state index contributed by atoms with van der Waals surface area (Å²) in [4.78, 5) is 18.6. The third-order valence-corrected chi connectivity index (χ3v) is 4.99. The molecule has 0 bridgehead atoms. The van der Waals surface area contributed by atoms with Gasteiger partial charge in [-0.25, -0.2) is 4.98 Å². The first-order valence-electron chi connectivity index (χ1n) is 8.28. The summed E-state index contributed by atoms with van der Waals surface area (Å²) in [5.41, 5.74) is -0.153. The second-order valence-corrected chi connectivity index (χ2v) is 6.82. The Bertz CT molecular complexity index is 756. The molecule has 0 atom stereocenters. The van der Waals surface area contributed by atoms with E-state index in [4.69, 9.17) is 0 Å². The number of aromatic nitrogens is 1. The number of rotatable bonds is 5. The van der Waals surface area contributed by atoms with E-state index >= 15 is 0 Å². The highest BCUT2D eigenvalue weighted by Crippen LogP contribution is 2.33. The Morgan fingerprint density at radius 2 is 2.08 bits per heavy atom. The van der Waals surface area contributed by atoms with Gasteiger partial charge < -0.3 is 10.6 Å². The maximum absolute atomic E-state index is 12.8. The van der Waals surface area contributed by atoms with Gasteiger partial charge in [-0.15, -0.1) is 11.3 Å². The number of carbonyl (C=O) groups excluding carboxylic acids is 1. The van der Waals surface area contributed by atoms with E-state index in [2.05, 4.69) is 20.5 Å². The van der Waals surface area contributed by atoms with Gasteiger partial charge in [0.15, 0.2) is 0 Å². The van der Waals surface area contributed by atoms with Crippen LogP contribution in [-0.4, -0.2) is 55.1 Å². The normalized spacial score (nSPS) is 15.8. The summed E-state index contributed by atoms with van der Waals surface area (Å²) in [5, 5.41) is 8.03.